The summed E-state index contributed by atoms with van der Waals surface area (Å²) in [6.07, 6.45) is 5.43. The zero-order chi connectivity index (χ0) is 11.4. The first kappa shape index (κ1) is 10.5. The molecule has 4 heteroatoms. The zero-order valence-electron chi connectivity index (χ0n) is 9.22. The number of anilines is 1. The number of hydrogen-bond acceptors (Lipinski definition) is 4. The summed E-state index contributed by atoms with van der Waals surface area (Å²) < 4.78 is 0. The first-order valence-corrected chi connectivity index (χ1v) is 5.33. The van der Waals surface area contributed by atoms with E-state index in [2.05, 4.69) is 21.9 Å². The number of nitrogens with zero attached hydrogens (tertiary/aromatic N) is 3. The van der Waals surface area contributed by atoms with E-state index in [1.165, 1.54) is 0 Å². The summed E-state index contributed by atoms with van der Waals surface area (Å²) >= 11 is 0. The molecule has 2 rings (SSSR count). The van der Waals surface area contributed by atoms with Gasteiger partial charge in [-0.15, -0.1) is 0 Å². The van der Waals surface area contributed by atoms with Crippen LogP contribution in [0.25, 0.3) is 11.4 Å². The highest BCUT2D eigenvalue weighted by atomic mass is 14.9. The van der Waals surface area contributed by atoms with Gasteiger partial charge in [0.15, 0.2) is 5.82 Å². The maximum Gasteiger partial charge on any atom is 0.163 e. The molecule has 0 fully saturated rings. The quantitative estimate of drug-likeness (QED) is 0.849. The summed E-state index contributed by atoms with van der Waals surface area (Å²) in [6, 6.07) is 5.61. The molecule has 0 aromatic carbocycles. The van der Waals surface area contributed by atoms with Crippen molar-refractivity contribution in [2.24, 2.45) is 0 Å². The number of pyridine rings is 1. The molecule has 0 saturated carbocycles. The summed E-state index contributed by atoms with van der Waals surface area (Å²) in [7, 11) is 0. The third-order valence-corrected chi connectivity index (χ3v) is 2.22. The van der Waals surface area contributed by atoms with E-state index < -0.39 is 0 Å². The summed E-state index contributed by atoms with van der Waals surface area (Å²) in [6.45, 7) is 2.11. The lowest BCUT2D eigenvalue weighted by Gasteiger charge is -2.04. The summed E-state index contributed by atoms with van der Waals surface area (Å²) in [5, 5.41) is 0. The SMILES string of the molecule is CCCc1cc(N)nc(-c2cccnc2)n1. The molecule has 2 aromatic rings. The third-order valence-electron chi connectivity index (χ3n) is 2.22. The van der Waals surface area contributed by atoms with E-state index in [1.54, 1.807) is 12.4 Å². The smallest absolute Gasteiger partial charge is 0.163 e. The van der Waals surface area contributed by atoms with Crippen LogP contribution in [-0.4, -0.2) is 15.0 Å². The van der Waals surface area contributed by atoms with Crippen molar-refractivity contribution >= 4 is 5.82 Å². The van der Waals surface area contributed by atoms with Crippen LogP contribution in [-0.2, 0) is 6.42 Å². The molecule has 2 aromatic heterocycles. The van der Waals surface area contributed by atoms with Crippen LogP contribution >= 0.6 is 0 Å². The normalized spacial score (nSPS) is 10.3. The molecule has 2 N–H and O–H groups in total. The van der Waals surface area contributed by atoms with Gasteiger partial charge in [-0.05, 0) is 18.6 Å². The number of nitrogen functional groups attached to an aromatic ring is 1. The van der Waals surface area contributed by atoms with Crippen molar-refractivity contribution in [3.05, 3.63) is 36.3 Å². The molecule has 0 radical (unpaired) electrons. The monoisotopic (exact) mass is 214 g/mol. The first-order valence-electron chi connectivity index (χ1n) is 5.33. The van der Waals surface area contributed by atoms with Crippen LogP contribution in [0.1, 0.15) is 19.0 Å². The minimum Gasteiger partial charge on any atom is -0.384 e. The van der Waals surface area contributed by atoms with Crippen molar-refractivity contribution in [1.82, 2.24) is 15.0 Å². The summed E-state index contributed by atoms with van der Waals surface area (Å²) in [5.74, 6) is 1.16. The standard InChI is InChI=1S/C12H14N4/c1-2-4-10-7-11(13)16-12(15-10)9-5-3-6-14-8-9/h3,5-8H,2,4H2,1H3,(H2,13,15,16). The molecule has 0 aliphatic heterocycles. The largest absolute Gasteiger partial charge is 0.384 e. The predicted octanol–water partition coefficient (Wildman–Crippen LogP) is 2.07. The lowest BCUT2D eigenvalue weighted by molar-refractivity contribution is 0.876. The van der Waals surface area contributed by atoms with Gasteiger partial charge in [-0.3, -0.25) is 4.98 Å². The fraction of sp³-hybridized carbons (Fsp3) is 0.250. The Bertz CT molecular complexity index is 468. The average Bonchev–Trinajstić information content (AvgIpc) is 2.30. The van der Waals surface area contributed by atoms with Gasteiger partial charge in [-0.25, -0.2) is 9.97 Å². The van der Waals surface area contributed by atoms with Gasteiger partial charge in [-0.1, -0.05) is 13.3 Å². The van der Waals surface area contributed by atoms with Crippen LogP contribution in [0.4, 0.5) is 5.82 Å². The lowest BCUT2D eigenvalue weighted by Crippen LogP contribution is -2.00. The van der Waals surface area contributed by atoms with Gasteiger partial charge in [0, 0.05) is 29.7 Å². The van der Waals surface area contributed by atoms with Crippen molar-refractivity contribution in [2.75, 3.05) is 5.73 Å². The van der Waals surface area contributed by atoms with Crippen LogP contribution in [0.2, 0.25) is 0 Å². The van der Waals surface area contributed by atoms with Crippen LogP contribution in [0, 0.1) is 0 Å². The van der Waals surface area contributed by atoms with E-state index in [-0.39, 0.29) is 0 Å². The van der Waals surface area contributed by atoms with Gasteiger partial charge < -0.3 is 5.73 Å². The first-order chi connectivity index (χ1) is 7.79. The average molecular weight is 214 g/mol. The van der Waals surface area contributed by atoms with E-state index in [0.717, 1.165) is 24.1 Å². The lowest BCUT2D eigenvalue weighted by atomic mass is 10.2. The fourth-order valence-electron chi connectivity index (χ4n) is 1.53. The van der Waals surface area contributed by atoms with Crippen molar-refractivity contribution in [3.63, 3.8) is 0 Å². The Hall–Kier alpha value is -1.97. The summed E-state index contributed by atoms with van der Waals surface area (Å²) in [4.78, 5) is 12.7. The molecule has 0 atom stereocenters. The molecule has 2 heterocycles. The van der Waals surface area contributed by atoms with Gasteiger partial charge in [0.05, 0.1) is 0 Å². The van der Waals surface area contributed by atoms with Gasteiger partial charge in [0.1, 0.15) is 5.82 Å². The Morgan fingerprint density at radius 3 is 2.88 bits per heavy atom. The topological polar surface area (TPSA) is 64.7 Å². The van der Waals surface area contributed by atoms with Crippen LogP contribution < -0.4 is 5.73 Å². The Morgan fingerprint density at radius 2 is 2.19 bits per heavy atom. The van der Waals surface area contributed by atoms with Crippen molar-refractivity contribution in [3.8, 4) is 11.4 Å². The third kappa shape index (κ3) is 2.34. The second-order valence-electron chi connectivity index (χ2n) is 3.60. The van der Waals surface area contributed by atoms with Crippen LogP contribution in [0.15, 0.2) is 30.6 Å². The number of rotatable bonds is 3. The van der Waals surface area contributed by atoms with E-state index in [9.17, 15) is 0 Å². The minimum absolute atomic E-state index is 0.511. The Kier molecular flexibility index (Phi) is 3.10. The molecular formula is C12H14N4. The number of aryl methyl sites for hydroxylation is 1. The number of hydrogen-bond donors (Lipinski definition) is 1. The molecule has 0 amide bonds. The van der Waals surface area contributed by atoms with E-state index >= 15 is 0 Å². The van der Waals surface area contributed by atoms with Crippen molar-refractivity contribution in [2.45, 2.75) is 19.8 Å². The maximum atomic E-state index is 5.76. The van der Waals surface area contributed by atoms with E-state index in [4.69, 9.17) is 5.73 Å². The molecule has 0 unspecified atom stereocenters. The Labute approximate surface area is 94.6 Å². The molecule has 0 aliphatic carbocycles. The van der Waals surface area contributed by atoms with E-state index in [1.807, 2.05) is 18.2 Å². The van der Waals surface area contributed by atoms with Gasteiger partial charge in [0.25, 0.3) is 0 Å². The van der Waals surface area contributed by atoms with Crippen LogP contribution in [0.3, 0.4) is 0 Å². The van der Waals surface area contributed by atoms with Gasteiger partial charge in [-0.2, -0.15) is 0 Å². The Morgan fingerprint density at radius 1 is 1.31 bits per heavy atom. The van der Waals surface area contributed by atoms with Crippen molar-refractivity contribution in [1.29, 1.82) is 0 Å². The molecule has 0 saturated heterocycles. The highest BCUT2D eigenvalue weighted by Crippen LogP contribution is 2.15. The number of nitrogens with two attached hydrogens (primary N) is 1. The second-order valence-corrected chi connectivity index (χ2v) is 3.60. The predicted molar refractivity (Wildman–Crippen MR) is 63.7 cm³/mol. The minimum atomic E-state index is 0.511. The maximum absolute atomic E-state index is 5.76. The van der Waals surface area contributed by atoms with Crippen LogP contribution in [0.5, 0.6) is 0 Å². The zero-order valence-corrected chi connectivity index (χ0v) is 9.22. The number of aromatic nitrogens is 3. The molecule has 16 heavy (non-hydrogen) atoms. The summed E-state index contributed by atoms with van der Waals surface area (Å²) in [5.41, 5.74) is 7.63. The highest BCUT2D eigenvalue weighted by molar-refractivity contribution is 5.55. The molecule has 0 spiro atoms. The fourth-order valence-corrected chi connectivity index (χ4v) is 1.53. The molecule has 0 bridgehead atoms. The van der Waals surface area contributed by atoms with Gasteiger partial charge >= 0.3 is 0 Å². The molecular weight excluding hydrogens is 200 g/mol. The van der Waals surface area contributed by atoms with E-state index in [0.29, 0.717) is 11.6 Å². The van der Waals surface area contributed by atoms with Gasteiger partial charge in [0.2, 0.25) is 0 Å². The molecule has 0 aliphatic rings. The highest BCUT2D eigenvalue weighted by Gasteiger charge is 2.04. The molecule has 82 valence electrons. The second kappa shape index (κ2) is 4.70. The molecule has 4 nitrogen and oxygen atoms in total. The van der Waals surface area contributed by atoms with Crippen molar-refractivity contribution < 1.29 is 0 Å². The Balaban J connectivity index is 2.41.